The molecule has 0 unspecified atom stereocenters. The van der Waals surface area contributed by atoms with Gasteiger partial charge in [0, 0.05) is 0 Å². The number of ether oxygens (including phenoxy) is 1. The topological polar surface area (TPSA) is 95.9 Å². The molecule has 0 spiro atoms. The van der Waals surface area contributed by atoms with Gasteiger partial charge in [-0.05, 0) is 12.1 Å². The average molecular weight is 225 g/mol. The molecule has 0 aliphatic carbocycles. The first-order valence-electron chi connectivity index (χ1n) is 4.42. The van der Waals surface area contributed by atoms with Crippen molar-refractivity contribution >= 4 is 11.9 Å². The number of carbonyl (C=O) groups excluding carboxylic acids is 2. The zero-order valence-electron chi connectivity index (χ0n) is 8.56. The Morgan fingerprint density at radius 1 is 1.31 bits per heavy atom. The Balaban J connectivity index is 2.77. The molecule has 3 N–H and O–H groups in total. The fraction of sp³-hybridized carbons (Fsp3) is 0.200. The number of benzene rings is 1. The lowest BCUT2D eigenvalue weighted by molar-refractivity contribution is -0.139. The van der Waals surface area contributed by atoms with Crippen LogP contribution in [0.3, 0.4) is 0 Å². The van der Waals surface area contributed by atoms with Crippen LogP contribution in [0.5, 0.6) is 11.5 Å². The van der Waals surface area contributed by atoms with E-state index in [0.717, 1.165) is 0 Å². The maximum atomic E-state index is 11.5. The summed E-state index contributed by atoms with van der Waals surface area (Å²) >= 11 is 0. The van der Waals surface area contributed by atoms with Crippen LogP contribution < -0.4 is 5.32 Å². The molecule has 0 atom stereocenters. The minimum Gasteiger partial charge on any atom is -0.507 e. The van der Waals surface area contributed by atoms with Gasteiger partial charge in [-0.15, -0.1) is 0 Å². The summed E-state index contributed by atoms with van der Waals surface area (Å²) in [6.45, 7) is -0.330. The summed E-state index contributed by atoms with van der Waals surface area (Å²) < 4.78 is 4.32. The Morgan fingerprint density at radius 2 is 1.88 bits per heavy atom. The number of phenols is 2. The highest BCUT2D eigenvalue weighted by Gasteiger charge is 2.16. The van der Waals surface area contributed by atoms with E-state index >= 15 is 0 Å². The fourth-order valence-electron chi connectivity index (χ4n) is 1.07. The van der Waals surface area contributed by atoms with Crippen molar-refractivity contribution in [2.45, 2.75) is 0 Å². The van der Waals surface area contributed by atoms with Crippen molar-refractivity contribution in [2.75, 3.05) is 13.7 Å². The van der Waals surface area contributed by atoms with Crippen LogP contribution in [0.4, 0.5) is 0 Å². The maximum absolute atomic E-state index is 11.5. The normalized spacial score (nSPS) is 9.56. The van der Waals surface area contributed by atoms with Gasteiger partial charge in [0.05, 0.1) is 7.11 Å². The van der Waals surface area contributed by atoms with Gasteiger partial charge in [0.2, 0.25) is 0 Å². The summed E-state index contributed by atoms with van der Waals surface area (Å²) in [7, 11) is 1.19. The summed E-state index contributed by atoms with van der Waals surface area (Å²) in [6, 6.07) is 3.90. The Bertz CT molecular complexity index is 395. The lowest BCUT2D eigenvalue weighted by atomic mass is 10.1. The molecule has 0 radical (unpaired) electrons. The highest BCUT2D eigenvalue weighted by Crippen LogP contribution is 2.25. The van der Waals surface area contributed by atoms with Crippen LogP contribution in [-0.2, 0) is 9.53 Å². The van der Waals surface area contributed by atoms with Gasteiger partial charge < -0.3 is 20.3 Å². The smallest absolute Gasteiger partial charge is 0.325 e. The van der Waals surface area contributed by atoms with E-state index in [1.807, 2.05) is 0 Å². The predicted molar refractivity (Wildman–Crippen MR) is 54.1 cm³/mol. The minimum absolute atomic E-state index is 0.272. The third-order valence-electron chi connectivity index (χ3n) is 1.87. The molecule has 0 fully saturated rings. The van der Waals surface area contributed by atoms with Crippen molar-refractivity contribution in [2.24, 2.45) is 0 Å². The van der Waals surface area contributed by atoms with Crippen LogP contribution in [0.1, 0.15) is 10.4 Å². The monoisotopic (exact) mass is 225 g/mol. The Kier molecular flexibility index (Phi) is 3.71. The molecule has 0 saturated heterocycles. The summed E-state index contributed by atoms with van der Waals surface area (Å²) in [5.41, 5.74) is -0.272. The number of amides is 1. The second-order valence-corrected chi connectivity index (χ2v) is 2.93. The lowest BCUT2D eigenvalue weighted by Gasteiger charge is -2.07. The highest BCUT2D eigenvalue weighted by molar-refractivity contribution is 6.00. The molecule has 1 rings (SSSR count). The molecule has 6 heteroatoms. The highest BCUT2D eigenvalue weighted by atomic mass is 16.5. The first kappa shape index (κ1) is 11.8. The van der Waals surface area contributed by atoms with Crippen LogP contribution >= 0.6 is 0 Å². The van der Waals surface area contributed by atoms with E-state index in [0.29, 0.717) is 0 Å². The van der Waals surface area contributed by atoms with Gasteiger partial charge in [-0.2, -0.15) is 0 Å². The summed E-state index contributed by atoms with van der Waals surface area (Å²) in [4.78, 5) is 22.2. The molecular formula is C10H11NO5. The van der Waals surface area contributed by atoms with Gasteiger partial charge in [-0.3, -0.25) is 9.59 Å². The van der Waals surface area contributed by atoms with Crippen LogP contribution in [0.2, 0.25) is 0 Å². The lowest BCUT2D eigenvalue weighted by Crippen LogP contribution is -2.30. The number of nitrogens with one attached hydrogen (secondary N) is 1. The maximum Gasteiger partial charge on any atom is 0.325 e. The molecule has 86 valence electrons. The first-order chi connectivity index (χ1) is 7.56. The van der Waals surface area contributed by atoms with E-state index in [1.54, 1.807) is 0 Å². The Morgan fingerprint density at radius 3 is 2.38 bits per heavy atom. The first-order valence-corrected chi connectivity index (χ1v) is 4.42. The molecule has 1 amide bonds. The SMILES string of the molecule is COC(=O)CNC(=O)c1c(O)cccc1O. The summed E-state index contributed by atoms with van der Waals surface area (Å²) in [5, 5.41) is 20.9. The number of carbonyl (C=O) groups is 2. The van der Waals surface area contributed by atoms with Crippen LogP contribution in [0.15, 0.2) is 18.2 Å². The van der Waals surface area contributed by atoms with E-state index < -0.39 is 11.9 Å². The number of aromatic hydroxyl groups is 2. The number of phenolic OH excluding ortho intramolecular Hbond substituents is 2. The molecular weight excluding hydrogens is 214 g/mol. The van der Waals surface area contributed by atoms with Gasteiger partial charge in [-0.1, -0.05) is 6.07 Å². The van der Waals surface area contributed by atoms with Crippen molar-refractivity contribution in [3.8, 4) is 11.5 Å². The quantitative estimate of drug-likeness (QED) is 0.629. The predicted octanol–water partition coefficient (Wildman–Crippen LogP) is 0.000600. The number of methoxy groups -OCH3 is 1. The molecule has 0 aromatic heterocycles. The zero-order valence-corrected chi connectivity index (χ0v) is 8.56. The van der Waals surface area contributed by atoms with E-state index in [-0.39, 0.29) is 23.6 Å². The van der Waals surface area contributed by atoms with Gasteiger partial charge >= 0.3 is 5.97 Å². The van der Waals surface area contributed by atoms with Crippen molar-refractivity contribution in [3.63, 3.8) is 0 Å². The summed E-state index contributed by atoms with van der Waals surface area (Å²) in [5.74, 6) is -2.09. The largest absolute Gasteiger partial charge is 0.507 e. The molecule has 1 aromatic rings. The molecule has 0 aliphatic heterocycles. The number of hydrogen-bond donors (Lipinski definition) is 3. The molecule has 16 heavy (non-hydrogen) atoms. The molecule has 0 heterocycles. The van der Waals surface area contributed by atoms with Crippen molar-refractivity contribution in [1.82, 2.24) is 5.32 Å². The number of hydrogen-bond acceptors (Lipinski definition) is 5. The number of esters is 1. The van der Waals surface area contributed by atoms with Crippen molar-refractivity contribution < 1.29 is 24.5 Å². The van der Waals surface area contributed by atoms with E-state index in [4.69, 9.17) is 0 Å². The molecule has 0 saturated carbocycles. The van der Waals surface area contributed by atoms with E-state index in [2.05, 4.69) is 10.1 Å². The van der Waals surface area contributed by atoms with Gasteiger partial charge in [-0.25, -0.2) is 0 Å². The fourth-order valence-corrected chi connectivity index (χ4v) is 1.07. The number of rotatable bonds is 3. The van der Waals surface area contributed by atoms with Crippen molar-refractivity contribution in [1.29, 1.82) is 0 Å². The van der Waals surface area contributed by atoms with Gasteiger partial charge in [0.25, 0.3) is 5.91 Å². The molecule has 1 aromatic carbocycles. The van der Waals surface area contributed by atoms with E-state index in [1.165, 1.54) is 25.3 Å². The zero-order chi connectivity index (χ0) is 12.1. The average Bonchev–Trinajstić information content (AvgIpc) is 2.25. The van der Waals surface area contributed by atoms with Crippen LogP contribution in [0.25, 0.3) is 0 Å². The standard InChI is InChI=1S/C10H11NO5/c1-16-8(14)5-11-10(15)9-6(12)3-2-4-7(9)13/h2-4,12-13H,5H2,1H3,(H,11,15). The summed E-state index contributed by atoms with van der Waals surface area (Å²) in [6.07, 6.45) is 0. The van der Waals surface area contributed by atoms with Crippen LogP contribution in [-0.4, -0.2) is 35.7 Å². The molecule has 6 nitrogen and oxygen atoms in total. The van der Waals surface area contributed by atoms with Crippen LogP contribution in [0, 0.1) is 0 Å². The second kappa shape index (κ2) is 5.01. The van der Waals surface area contributed by atoms with Crippen molar-refractivity contribution in [3.05, 3.63) is 23.8 Å². The molecule has 0 bridgehead atoms. The minimum atomic E-state index is -0.749. The second-order valence-electron chi connectivity index (χ2n) is 2.93. The third kappa shape index (κ3) is 2.63. The van der Waals surface area contributed by atoms with E-state index in [9.17, 15) is 19.8 Å². The van der Waals surface area contributed by atoms with Gasteiger partial charge in [0.1, 0.15) is 23.6 Å². The molecule has 0 aliphatic rings. The third-order valence-corrected chi connectivity index (χ3v) is 1.87. The Labute approximate surface area is 91.5 Å². The van der Waals surface area contributed by atoms with Gasteiger partial charge in [0.15, 0.2) is 0 Å². The Hall–Kier alpha value is -2.24.